The van der Waals surface area contributed by atoms with Gasteiger partial charge in [-0.25, -0.2) is 0 Å². The molecule has 0 aromatic heterocycles. The van der Waals surface area contributed by atoms with E-state index in [1.165, 1.54) is 19.3 Å². The van der Waals surface area contributed by atoms with Gasteiger partial charge in [0.25, 0.3) is 0 Å². The van der Waals surface area contributed by atoms with E-state index in [2.05, 4.69) is 24.4 Å². The van der Waals surface area contributed by atoms with Crippen molar-refractivity contribution >= 4 is 11.9 Å². The molecule has 2 fully saturated rings. The number of aliphatic hydroxyl groups is 1. The fraction of sp³-hybridized carbons (Fsp3) is 0.704. The van der Waals surface area contributed by atoms with Crippen LogP contribution in [0.15, 0.2) is 12.1 Å². The van der Waals surface area contributed by atoms with Gasteiger partial charge in [-0.2, -0.15) is 0 Å². The van der Waals surface area contributed by atoms with E-state index in [0.29, 0.717) is 12.3 Å². The van der Waals surface area contributed by atoms with Gasteiger partial charge in [0.2, 0.25) is 5.91 Å². The molecule has 1 heterocycles. The van der Waals surface area contributed by atoms with Crippen LogP contribution < -0.4 is 10.1 Å². The van der Waals surface area contributed by atoms with Gasteiger partial charge in [0.1, 0.15) is 18.5 Å². The van der Waals surface area contributed by atoms with Gasteiger partial charge in [-0.15, -0.1) is 0 Å². The van der Waals surface area contributed by atoms with Crippen LogP contribution in [-0.2, 0) is 14.3 Å². The zero-order valence-corrected chi connectivity index (χ0v) is 20.9. The number of nitrogens with one attached hydrogen (secondary N) is 1. The number of hydrogen-bond donors (Lipinski definition) is 2. The van der Waals surface area contributed by atoms with Crippen molar-refractivity contribution in [3.63, 3.8) is 0 Å². The molecule has 6 heteroatoms. The summed E-state index contributed by atoms with van der Waals surface area (Å²) in [4.78, 5) is 25.0. The van der Waals surface area contributed by atoms with Crippen LogP contribution in [0, 0.1) is 25.2 Å². The molecule has 1 aliphatic carbocycles. The largest absolute Gasteiger partial charge is 0.489 e. The lowest BCUT2D eigenvalue weighted by Gasteiger charge is -2.35. The van der Waals surface area contributed by atoms with Crippen LogP contribution in [0.2, 0.25) is 0 Å². The second-order valence-corrected chi connectivity index (χ2v) is 10.6. The number of ether oxygens (including phenoxy) is 2. The summed E-state index contributed by atoms with van der Waals surface area (Å²) in [7, 11) is 0. The molecule has 0 radical (unpaired) electrons. The molecule has 3 rings (SSSR count). The van der Waals surface area contributed by atoms with Crippen molar-refractivity contribution in [1.82, 2.24) is 5.32 Å². The van der Waals surface area contributed by atoms with Crippen molar-refractivity contribution < 1.29 is 24.2 Å². The molecule has 0 unspecified atom stereocenters. The molecule has 184 valence electrons. The Balaban J connectivity index is 1.91. The highest BCUT2D eigenvalue weighted by atomic mass is 16.6. The number of rotatable bonds is 8. The molecule has 2 N–H and O–H groups in total. The van der Waals surface area contributed by atoms with Crippen LogP contribution in [0.1, 0.15) is 94.9 Å². The molecular formula is C27H41NO5. The van der Waals surface area contributed by atoms with Crippen molar-refractivity contribution in [3.8, 4) is 5.75 Å². The quantitative estimate of drug-likeness (QED) is 0.539. The Labute approximate surface area is 198 Å². The smallest absolute Gasteiger partial charge is 0.308 e. The zero-order chi connectivity index (χ0) is 24.2. The normalized spacial score (nSPS) is 23.0. The van der Waals surface area contributed by atoms with Crippen LogP contribution >= 0.6 is 0 Å². The molecule has 1 amide bonds. The summed E-state index contributed by atoms with van der Waals surface area (Å²) >= 11 is 0. The fourth-order valence-corrected chi connectivity index (χ4v) is 4.97. The Kier molecular flexibility index (Phi) is 8.43. The number of carbonyl (C=O) groups excluding carboxylic acids is 2. The maximum Gasteiger partial charge on any atom is 0.308 e. The minimum Gasteiger partial charge on any atom is -0.489 e. The molecule has 1 aliphatic heterocycles. The zero-order valence-electron chi connectivity index (χ0n) is 20.9. The number of hydrogen-bond acceptors (Lipinski definition) is 5. The number of cyclic esters (lactones) is 1. The predicted molar refractivity (Wildman–Crippen MR) is 128 cm³/mol. The number of aliphatic hydroxyl groups excluding tert-OH is 1. The molecule has 1 saturated heterocycles. The minimum atomic E-state index is -0.691. The molecule has 1 aromatic carbocycles. The summed E-state index contributed by atoms with van der Waals surface area (Å²) in [6.07, 6.45) is 5.75. The third-order valence-electron chi connectivity index (χ3n) is 7.34. The standard InChI is InChI=1S/C27H41NO5/c1-6-27(4,5)26(31)28-24(19-10-8-7-9-11-19)22-13-17(2)12-18(3)25(22)32-16-21-14-20(29)15-23(30)33-21/h12-13,19-21,24,29H,6-11,14-16H2,1-5H3,(H,28,31)/t20-,21+,24+/m1/s1. The van der Waals surface area contributed by atoms with Crippen molar-refractivity contribution in [1.29, 1.82) is 0 Å². The van der Waals surface area contributed by atoms with E-state index >= 15 is 0 Å². The number of aryl methyl sites for hydroxylation is 2. The van der Waals surface area contributed by atoms with Gasteiger partial charge in [0, 0.05) is 17.4 Å². The Morgan fingerprint density at radius 3 is 2.58 bits per heavy atom. The van der Waals surface area contributed by atoms with Gasteiger partial charge in [0.15, 0.2) is 0 Å². The highest BCUT2D eigenvalue weighted by Crippen LogP contribution is 2.41. The number of carbonyl (C=O) groups is 2. The summed E-state index contributed by atoms with van der Waals surface area (Å²) in [6, 6.07) is 4.08. The summed E-state index contributed by atoms with van der Waals surface area (Å²) in [5, 5.41) is 13.3. The monoisotopic (exact) mass is 459 g/mol. The number of benzene rings is 1. The average molecular weight is 460 g/mol. The van der Waals surface area contributed by atoms with Gasteiger partial charge >= 0.3 is 5.97 Å². The summed E-state index contributed by atoms with van der Waals surface area (Å²) in [6.45, 7) is 10.3. The Hall–Kier alpha value is -2.08. The van der Waals surface area contributed by atoms with Gasteiger partial charge in [0.05, 0.1) is 18.6 Å². The molecule has 0 spiro atoms. The molecule has 6 nitrogen and oxygen atoms in total. The van der Waals surface area contributed by atoms with Gasteiger partial charge in [-0.1, -0.05) is 57.7 Å². The number of amides is 1. The van der Waals surface area contributed by atoms with E-state index in [1.54, 1.807) is 0 Å². The van der Waals surface area contributed by atoms with Crippen LogP contribution in [0.5, 0.6) is 5.75 Å². The minimum absolute atomic E-state index is 0.0360. The van der Waals surface area contributed by atoms with E-state index < -0.39 is 23.6 Å². The van der Waals surface area contributed by atoms with Crippen molar-refractivity contribution in [3.05, 3.63) is 28.8 Å². The second-order valence-electron chi connectivity index (χ2n) is 10.6. The molecule has 3 atom stereocenters. The topological polar surface area (TPSA) is 84.9 Å². The van der Waals surface area contributed by atoms with E-state index in [4.69, 9.17) is 9.47 Å². The third-order valence-corrected chi connectivity index (χ3v) is 7.34. The highest BCUT2D eigenvalue weighted by Gasteiger charge is 2.34. The van der Waals surface area contributed by atoms with Crippen molar-refractivity contribution in [2.24, 2.45) is 11.3 Å². The lowest BCUT2D eigenvalue weighted by molar-refractivity contribution is -0.162. The highest BCUT2D eigenvalue weighted by molar-refractivity contribution is 5.82. The Bertz CT molecular complexity index is 843. The van der Waals surface area contributed by atoms with Crippen LogP contribution in [-0.4, -0.2) is 35.8 Å². The Morgan fingerprint density at radius 2 is 1.94 bits per heavy atom. The number of esters is 1. The Morgan fingerprint density at radius 1 is 1.24 bits per heavy atom. The summed E-state index contributed by atoms with van der Waals surface area (Å²) < 4.78 is 11.7. The van der Waals surface area contributed by atoms with Gasteiger partial charge < -0.3 is 19.9 Å². The summed E-state index contributed by atoms with van der Waals surface area (Å²) in [5.41, 5.74) is 2.68. The first-order valence-corrected chi connectivity index (χ1v) is 12.5. The maximum atomic E-state index is 13.2. The second kappa shape index (κ2) is 10.9. The predicted octanol–water partition coefficient (Wildman–Crippen LogP) is 4.92. The van der Waals surface area contributed by atoms with Crippen molar-refractivity contribution in [2.45, 2.75) is 104 Å². The average Bonchev–Trinajstić information content (AvgIpc) is 2.76. The molecule has 1 aromatic rings. The molecule has 33 heavy (non-hydrogen) atoms. The summed E-state index contributed by atoms with van der Waals surface area (Å²) in [5.74, 6) is 0.780. The van der Waals surface area contributed by atoms with E-state index in [0.717, 1.165) is 41.7 Å². The SMILES string of the molecule is CCC(C)(C)C(=O)N[C@H](c1cc(C)cc(C)c1OC[C@@H]1C[C@@H](O)CC(=O)O1)C1CCCCC1. The third kappa shape index (κ3) is 6.50. The van der Waals surface area contributed by atoms with E-state index in [-0.39, 0.29) is 25.0 Å². The molecular weight excluding hydrogens is 418 g/mol. The van der Waals surface area contributed by atoms with Gasteiger partial charge in [-0.05, 0) is 44.6 Å². The molecule has 1 saturated carbocycles. The van der Waals surface area contributed by atoms with Crippen LogP contribution in [0.25, 0.3) is 0 Å². The molecule has 0 bridgehead atoms. The lowest BCUT2D eigenvalue weighted by atomic mass is 9.79. The fourth-order valence-electron chi connectivity index (χ4n) is 4.97. The van der Waals surface area contributed by atoms with E-state index in [9.17, 15) is 14.7 Å². The first-order valence-electron chi connectivity index (χ1n) is 12.5. The van der Waals surface area contributed by atoms with Gasteiger partial charge in [-0.3, -0.25) is 9.59 Å². The molecule has 2 aliphatic rings. The first kappa shape index (κ1) is 25.5. The lowest BCUT2D eigenvalue weighted by Crippen LogP contribution is -2.42. The van der Waals surface area contributed by atoms with Crippen molar-refractivity contribution in [2.75, 3.05) is 6.61 Å². The van der Waals surface area contributed by atoms with Crippen LogP contribution in [0.3, 0.4) is 0 Å². The maximum absolute atomic E-state index is 13.2. The van der Waals surface area contributed by atoms with E-state index in [1.807, 2.05) is 27.7 Å². The first-order chi connectivity index (χ1) is 15.6. The van der Waals surface area contributed by atoms with Crippen LogP contribution in [0.4, 0.5) is 0 Å².